The third-order valence-corrected chi connectivity index (χ3v) is 3.31. The molecule has 3 N–H and O–H groups in total. The van der Waals surface area contributed by atoms with Crippen molar-refractivity contribution in [2.24, 2.45) is 0 Å². The second-order valence-corrected chi connectivity index (χ2v) is 5.17. The van der Waals surface area contributed by atoms with Crippen molar-refractivity contribution in [3.63, 3.8) is 0 Å². The number of carboxylic acid groups (broad SMARTS) is 1. The van der Waals surface area contributed by atoms with Crippen molar-refractivity contribution >= 4 is 35.5 Å². The monoisotopic (exact) mass is 300 g/mol. The SMILES string of the molecule is CC(CCCCC(=O)O)OC1OC(C)C(O)CC1O.[NaH]. The molecule has 114 valence electrons. The molecular weight excluding hydrogens is 275 g/mol. The molecule has 1 aliphatic rings. The molecule has 5 unspecified atom stereocenters. The Labute approximate surface area is 141 Å². The zero-order chi connectivity index (χ0) is 14.4. The second kappa shape index (κ2) is 10.1. The molecule has 0 aromatic heterocycles. The van der Waals surface area contributed by atoms with E-state index in [0.717, 1.165) is 12.8 Å². The molecule has 1 heterocycles. The van der Waals surface area contributed by atoms with Gasteiger partial charge in [0.2, 0.25) is 0 Å². The summed E-state index contributed by atoms with van der Waals surface area (Å²) in [6.45, 7) is 3.61. The van der Waals surface area contributed by atoms with Gasteiger partial charge in [0.05, 0.1) is 18.3 Å². The minimum absolute atomic E-state index is 0. The summed E-state index contributed by atoms with van der Waals surface area (Å²) >= 11 is 0. The Hall–Kier alpha value is 0.310. The Balaban J connectivity index is 0.00000361. The Morgan fingerprint density at radius 1 is 1.35 bits per heavy atom. The van der Waals surface area contributed by atoms with Gasteiger partial charge in [0.25, 0.3) is 0 Å². The van der Waals surface area contributed by atoms with Gasteiger partial charge in [-0.3, -0.25) is 4.79 Å². The first-order chi connectivity index (χ1) is 8.90. The summed E-state index contributed by atoms with van der Waals surface area (Å²) in [7, 11) is 0. The van der Waals surface area contributed by atoms with Crippen LogP contribution >= 0.6 is 0 Å². The van der Waals surface area contributed by atoms with Crippen LogP contribution in [-0.4, -0.2) is 81.6 Å². The third-order valence-electron chi connectivity index (χ3n) is 3.31. The fourth-order valence-electron chi connectivity index (χ4n) is 2.07. The number of unbranched alkanes of at least 4 members (excludes halogenated alkanes) is 1. The quantitative estimate of drug-likeness (QED) is 0.460. The first-order valence-electron chi connectivity index (χ1n) is 6.79. The van der Waals surface area contributed by atoms with Gasteiger partial charge in [0, 0.05) is 12.8 Å². The van der Waals surface area contributed by atoms with E-state index in [0.29, 0.717) is 6.42 Å². The van der Waals surface area contributed by atoms with Gasteiger partial charge < -0.3 is 24.8 Å². The van der Waals surface area contributed by atoms with E-state index in [1.165, 1.54) is 0 Å². The standard InChI is InChI=1S/C13H24O6.Na.H/c1-8(5-3-4-6-12(16)17)18-13-11(15)7-10(14)9(2)19-13;;/h8-11,13-15H,3-7H2,1-2H3,(H,16,17);;. The van der Waals surface area contributed by atoms with E-state index in [4.69, 9.17) is 14.6 Å². The van der Waals surface area contributed by atoms with Crippen LogP contribution in [0.25, 0.3) is 0 Å². The molecule has 6 nitrogen and oxygen atoms in total. The molecule has 0 aromatic carbocycles. The van der Waals surface area contributed by atoms with E-state index in [1.54, 1.807) is 6.92 Å². The number of rotatable bonds is 7. The van der Waals surface area contributed by atoms with Crippen LogP contribution in [-0.2, 0) is 14.3 Å². The molecule has 0 spiro atoms. The third kappa shape index (κ3) is 7.36. The van der Waals surface area contributed by atoms with Gasteiger partial charge in [0.1, 0.15) is 6.10 Å². The summed E-state index contributed by atoms with van der Waals surface area (Å²) in [5.41, 5.74) is 0. The molecule has 5 atom stereocenters. The Morgan fingerprint density at radius 3 is 2.60 bits per heavy atom. The zero-order valence-electron chi connectivity index (χ0n) is 11.5. The van der Waals surface area contributed by atoms with Crippen LogP contribution in [0.2, 0.25) is 0 Å². The molecule has 0 radical (unpaired) electrons. The van der Waals surface area contributed by atoms with Gasteiger partial charge in [-0.2, -0.15) is 0 Å². The van der Waals surface area contributed by atoms with Crippen molar-refractivity contribution in [1.82, 2.24) is 0 Å². The Bertz CT molecular complexity index is 288. The fraction of sp³-hybridized carbons (Fsp3) is 0.923. The van der Waals surface area contributed by atoms with E-state index < -0.39 is 24.5 Å². The predicted molar refractivity (Wildman–Crippen MR) is 74.8 cm³/mol. The molecular formula is C13H25NaO6. The van der Waals surface area contributed by atoms with Crippen LogP contribution in [0.1, 0.15) is 46.0 Å². The number of aliphatic hydroxyl groups excluding tert-OH is 2. The van der Waals surface area contributed by atoms with Gasteiger partial charge in [0.15, 0.2) is 6.29 Å². The molecule has 1 fully saturated rings. The molecule has 0 aliphatic carbocycles. The summed E-state index contributed by atoms with van der Waals surface area (Å²) in [4.78, 5) is 10.4. The molecule has 1 aliphatic heterocycles. The average molecular weight is 300 g/mol. The van der Waals surface area contributed by atoms with Crippen LogP contribution in [0.15, 0.2) is 0 Å². The molecule has 20 heavy (non-hydrogen) atoms. The van der Waals surface area contributed by atoms with Gasteiger partial charge in [-0.25, -0.2) is 0 Å². The van der Waals surface area contributed by atoms with Crippen LogP contribution in [0.4, 0.5) is 0 Å². The number of carboxylic acids is 1. The number of hydrogen-bond donors (Lipinski definition) is 3. The Morgan fingerprint density at radius 2 is 2.00 bits per heavy atom. The maximum atomic E-state index is 10.4. The number of aliphatic carboxylic acids is 1. The van der Waals surface area contributed by atoms with Gasteiger partial charge in [-0.1, -0.05) is 6.42 Å². The molecule has 7 heteroatoms. The predicted octanol–water partition coefficient (Wildman–Crippen LogP) is 0.245. The maximum absolute atomic E-state index is 10.4. The molecule has 1 rings (SSSR count). The van der Waals surface area contributed by atoms with Crippen molar-refractivity contribution in [3.05, 3.63) is 0 Å². The van der Waals surface area contributed by atoms with E-state index in [1.807, 2.05) is 6.92 Å². The number of aliphatic hydroxyl groups is 2. The molecule has 0 amide bonds. The first kappa shape index (κ1) is 20.3. The van der Waals surface area contributed by atoms with Crippen LogP contribution in [0.3, 0.4) is 0 Å². The summed E-state index contributed by atoms with van der Waals surface area (Å²) < 4.78 is 11.0. The fourth-order valence-corrected chi connectivity index (χ4v) is 2.07. The summed E-state index contributed by atoms with van der Waals surface area (Å²) in [6.07, 6.45) is -0.169. The van der Waals surface area contributed by atoms with Gasteiger partial charge in [-0.05, 0) is 26.7 Å². The van der Waals surface area contributed by atoms with Crippen molar-refractivity contribution < 1.29 is 29.6 Å². The van der Waals surface area contributed by atoms with Crippen molar-refractivity contribution in [3.8, 4) is 0 Å². The van der Waals surface area contributed by atoms with E-state index in [-0.39, 0.29) is 54.6 Å². The van der Waals surface area contributed by atoms with E-state index >= 15 is 0 Å². The molecule has 0 saturated carbocycles. The second-order valence-electron chi connectivity index (χ2n) is 5.17. The van der Waals surface area contributed by atoms with Gasteiger partial charge in [-0.15, -0.1) is 0 Å². The molecule has 1 saturated heterocycles. The summed E-state index contributed by atoms with van der Waals surface area (Å²) in [5.74, 6) is -0.789. The van der Waals surface area contributed by atoms with Gasteiger partial charge >= 0.3 is 35.5 Å². The van der Waals surface area contributed by atoms with E-state index in [9.17, 15) is 15.0 Å². The number of hydrogen-bond acceptors (Lipinski definition) is 5. The van der Waals surface area contributed by atoms with Crippen LogP contribution < -0.4 is 0 Å². The van der Waals surface area contributed by atoms with Crippen molar-refractivity contribution in [2.75, 3.05) is 0 Å². The number of ether oxygens (including phenoxy) is 2. The minimum atomic E-state index is -0.826. The zero-order valence-corrected chi connectivity index (χ0v) is 11.5. The average Bonchev–Trinajstić information content (AvgIpc) is 2.31. The normalized spacial score (nSPS) is 31.4. The first-order valence-corrected chi connectivity index (χ1v) is 6.79. The molecule has 0 bridgehead atoms. The molecule has 0 aromatic rings. The topological polar surface area (TPSA) is 96.2 Å². The Kier molecular flexibility index (Phi) is 10.3. The van der Waals surface area contributed by atoms with Crippen LogP contribution in [0, 0.1) is 0 Å². The van der Waals surface area contributed by atoms with Crippen molar-refractivity contribution in [2.45, 2.75) is 76.7 Å². The summed E-state index contributed by atoms with van der Waals surface area (Å²) in [6, 6.07) is 0. The summed E-state index contributed by atoms with van der Waals surface area (Å²) in [5, 5.41) is 27.8. The van der Waals surface area contributed by atoms with Crippen LogP contribution in [0.5, 0.6) is 0 Å². The number of carbonyl (C=O) groups is 1. The van der Waals surface area contributed by atoms with Crippen molar-refractivity contribution in [1.29, 1.82) is 0 Å². The van der Waals surface area contributed by atoms with E-state index in [2.05, 4.69) is 0 Å².